The molecule has 4 rings (SSSR count). The number of aromatic nitrogens is 2. The molecule has 31 heavy (non-hydrogen) atoms. The summed E-state index contributed by atoms with van der Waals surface area (Å²) in [7, 11) is 0. The molecule has 1 saturated heterocycles. The van der Waals surface area contributed by atoms with Gasteiger partial charge in [0.25, 0.3) is 5.91 Å². The Balaban J connectivity index is 1.44. The van der Waals surface area contributed by atoms with E-state index in [1.165, 1.54) is 6.20 Å². The first-order valence-electron chi connectivity index (χ1n) is 10.4. The molecule has 1 aliphatic heterocycles. The Morgan fingerprint density at radius 1 is 1.19 bits per heavy atom. The van der Waals surface area contributed by atoms with Crippen molar-refractivity contribution in [1.82, 2.24) is 14.9 Å². The van der Waals surface area contributed by atoms with Gasteiger partial charge in [-0.1, -0.05) is 18.2 Å². The molecule has 0 bridgehead atoms. The summed E-state index contributed by atoms with van der Waals surface area (Å²) >= 11 is 0. The van der Waals surface area contributed by atoms with Crippen LogP contribution in [0.15, 0.2) is 60.8 Å². The lowest BCUT2D eigenvalue weighted by molar-refractivity contribution is -0.0248. The van der Waals surface area contributed by atoms with E-state index in [2.05, 4.69) is 17.1 Å². The number of amides is 1. The highest BCUT2D eigenvalue weighted by Crippen LogP contribution is 2.23. The van der Waals surface area contributed by atoms with Gasteiger partial charge >= 0.3 is 0 Å². The van der Waals surface area contributed by atoms with E-state index in [4.69, 9.17) is 20.2 Å². The van der Waals surface area contributed by atoms with Gasteiger partial charge in [-0.3, -0.25) is 9.78 Å². The lowest BCUT2D eigenvalue weighted by Crippen LogP contribution is -2.42. The highest BCUT2D eigenvalue weighted by atomic mass is 16.5. The van der Waals surface area contributed by atoms with Gasteiger partial charge in [0, 0.05) is 24.9 Å². The number of rotatable bonds is 6. The van der Waals surface area contributed by atoms with Crippen LogP contribution in [0, 0.1) is 0 Å². The number of nitrogen functional groups attached to an aromatic ring is 1. The number of nitrogens with two attached hydrogens (primary N) is 1. The van der Waals surface area contributed by atoms with Crippen molar-refractivity contribution in [1.29, 1.82) is 0 Å². The van der Waals surface area contributed by atoms with E-state index in [1.54, 1.807) is 17.0 Å². The van der Waals surface area contributed by atoms with Crippen molar-refractivity contribution in [2.24, 2.45) is 0 Å². The molecule has 0 unspecified atom stereocenters. The number of benzene rings is 1. The highest BCUT2D eigenvalue weighted by Gasteiger charge is 2.27. The fraction of sp³-hybridized carbons (Fsp3) is 0.292. The van der Waals surface area contributed by atoms with Crippen molar-refractivity contribution in [3.63, 3.8) is 0 Å². The number of carbonyl (C=O) groups excluding carboxylic acids is 1. The summed E-state index contributed by atoms with van der Waals surface area (Å²) in [4.78, 5) is 23.4. The monoisotopic (exact) mass is 418 g/mol. The molecule has 0 aliphatic carbocycles. The molecule has 2 aromatic heterocycles. The smallest absolute Gasteiger partial charge is 0.255 e. The van der Waals surface area contributed by atoms with Crippen molar-refractivity contribution < 1.29 is 14.3 Å². The maximum Gasteiger partial charge on any atom is 0.255 e. The number of nitrogens with zero attached hydrogens (tertiary/aromatic N) is 3. The van der Waals surface area contributed by atoms with E-state index >= 15 is 0 Å². The van der Waals surface area contributed by atoms with Crippen molar-refractivity contribution in [2.45, 2.75) is 19.4 Å². The molecule has 1 atom stereocenters. The summed E-state index contributed by atoms with van der Waals surface area (Å²) < 4.78 is 11.4. The Morgan fingerprint density at radius 3 is 2.77 bits per heavy atom. The number of morpholine rings is 1. The van der Waals surface area contributed by atoms with Crippen LogP contribution in [0.1, 0.15) is 40.3 Å². The van der Waals surface area contributed by atoms with Gasteiger partial charge in [0.15, 0.2) is 0 Å². The maximum atomic E-state index is 12.8. The van der Waals surface area contributed by atoms with Gasteiger partial charge in [0.05, 0.1) is 31.0 Å². The molecule has 7 nitrogen and oxygen atoms in total. The third-order valence-electron chi connectivity index (χ3n) is 5.16. The average molecular weight is 418 g/mol. The Hall–Kier alpha value is -3.45. The molecule has 0 spiro atoms. The van der Waals surface area contributed by atoms with Crippen LogP contribution in [0.4, 0.5) is 5.82 Å². The summed E-state index contributed by atoms with van der Waals surface area (Å²) in [6, 6.07) is 17.3. The average Bonchev–Trinajstić information content (AvgIpc) is 2.81. The largest absolute Gasteiger partial charge is 0.494 e. The summed E-state index contributed by atoms with van der Waals surface area (Å²) in [6.07, 6.45) is 1.96. The lowest BCUT2D eigenvalue weighted by atomic mass is 10.1. The van der Waals surface area contributed by atoms with E-state index < -0.39 is 0 Å². The molecule has 3 aromatic rings. The van der Waals surface area contributed by atoms with Gasteiger partial charge in [-0.05, 0) is 48.9 Å². The first kappa shape index (κ1) is 20.8. The van der Waals surface area contributed by atoms with Gasteiger partial charge in [-0.15, -0.1) is 0 Å². The summed E-state index contributed by atoms with van der Waals surface area (Å²) in [6.45, 7) is 4.06. The van der Waals surface area contributed by atoms with Crippen molar-refractivity contribution in [3.8, 4) is 5.75 Å². The van der Waals surface area contributed by atoms with Crippen molar-refractivity contribution >= 4 is 11.7 Å². The standard InChI is InChI=1S/C24H26N4O3/c1-2-30-20-9-6-17(7-10-20)14-19-4-3-5-21(27-19)22-16-28(12-13-31-22)24(29)18-8-11-23(25)26-15-18/h3-11,15,22H,2,12-14,16H2,1H3,(H2,25,26)/t22-/m1/s1. The summed E-state index contributed by atoms with van der Waals surface area (Å²) in [5.74, 6) is 1.18. The van der Waals surface area contributed by atoms with Crippen LogP contribution in [0.5, 0.6) is 5.75 Å². The molecule has 2 N–H and O–H groups in total. The number of hydrogen-bond donors (Lipinski definition) is 1. The maximum absolute atomic E-state index is 12.8. The Labute approximate surface area is 181 Å². The minimum atomic E-state index is -0.264. The fourth-order valence-corrected chi connectivity index (χ4v) is 3.58. The third kappa shape index (κ3) is 5.19. The predicted molar refractivity (Wildman–Crippen MR) is 118 cm³/mol. The topological polar surface area (TPSA) is 90.6 Å². The number of carbonyl (C=O) groups is 1. The second kappa shape index (κ2) is 9.57. The van der Waals surface area contributed by atoms with E-state index in [0.29, 0.717) is 44.1 Å². The number of ether oxygens (including phenoxy) is 2. The molecular formula is C24H26N4O3. The molecule has 1 aliphatic rings. The lowest BCUT2D eigenvalue weighted by Gasteiger charge is -2.32. The van der Waals surface area contributed by atoms with Crippen LogP contribution in [-0.4, -0.2) is 47.1 Å². The van der Waals surface area contributed by atoms with Crippen LogP contribution in [0.2, 0.25) is 0 Å². The van der Waals surface area contributed by atoms with E-state index in [9.17, 15) is 4.79 Å². The molecule has 3 heterocycles. The Morgan fingerprint density at radius 2 is 2.03 bits per heavy atom. The molecule has 0 saturated carbocycles. The summed E-state index contributed by atoms with van der Waals surface area (Å²) in [5.41, 5.74) is 9.09. The second-order valence-electron chi connectivity index (χ2n) is 7.39. The summed E-state index contributed by atoms with van der Waals surface area (Å²) in [5, 5.41) is 0. The molecule has 160 valence electrons. The van der Waals surface area contributed by atoms with Gasteiger partial charge in [-0.25, -0.2) is 4.98 Å². The second-order valence-corrected chi connectivity index (χ2v) is 7.39. The van der Waals surface area contributed by atoms with Crippen LogP contribution >= 0.6 is 0 Å². The minimum absolute atomic E-state index is 0.0775. The van der Waals surface area contributed by atoms with Crippen LogP contribution < -0.4 is 10.5 Å². The molecule has 1 aromatic carbocycles. The normalized spacial score (nSPS) is 16.2. The molecule has 0 radical (unpaired) electrons. The van der Waals surface area contributed by atoms with Crippen LogP contribution in [0.3, 0.4) is 0 Å². The van der Waals surface area contributed by atoms with Crippen molar-refractivity contribution in [2.75, 3.05) is 32.0 Å². The first-order valence-corrected chi connectivity index (χ1v) is 10.4. The van der Waals surface area contributed by atoms with Crippen LogP contribution in [-0.2, 0) is 11.2 Å². The van der Waals surface area contributed by atoms with E-state index in [-0.39, 0.29) is 12.0 Å². The zero-order valence-electron chi connectivity index (χ0n) is 17.5. The van der Waals surface area contributed by atoms with Gasteiger partial charge < -0.3 is 20.1 Å². The SMILES string of the molecule is CCOc1ccc(Cc2cccc([C@H]3CN(C(=O)c4ccc(N)nc4)CCO3)n2)cc1. The van der Waals surface area contributed by atoms with Crippen molar-refractivity contribution in [3.05, 3.63) is 83.3 Å². The Kier molecular flexibility index (Phi) is 6.43. The Bertz CT molecular complexity index is 1020. The quantitative estimate of drug-likeness (QED) is 0.661. The zero-order chi connectivity index (χ0) is 21.6. The molecule has 1 fully saturated rings. The van der Waals surface area contributed by atoms with Gasteiger partial charge in [-0.2, -0.15) is 0 Å². The van der Waals surface area contributed by atoms with Gasteiger partial charge in [0.1, 0.15) is 17.7 Å². The molecular weight excluding hydrogens is 392 g/mol. The van der Waals surface area contributed by atoms with E-state index in [0.717, 1.165) is 22.7 Å². The number of pyridine rings is 2. The number of anilines is 1. The molecule has 7 heteroatoms. The fourth-order valence-electron chi connectivity index (χ4n) is 3.58. The van der Waals surface area contributed by atoms with E-state index in [1.807, 2.05) is 37.3 Å². The van der Waals surface area contributed by atoms with Crippen LogP contribution in [0.25, 0.3) is 0 Å². The predicted octanol–water partition coefficient (Wildman–Crippen LogP) is 3.26. The van der Waals surface area contributed by atoms with Gasteiger partial charge in [0.2, 0.25) is 0 Å². The minimum Gasteiger partial charge on any atom is -0.494 e. The zero-order valence-corrected chi connectivity index (χ0v) is 17.5. The highest BCUT2D eigenvalue weighted by molar-refractivity contribution is 5.94. The number of hydrogen-bond acceptors (Lipinski definition) is 6. The first-order chi connectivity index (χ1) is 15.1. The third-order valence-corrected chi connectivity index (χ3v) is 5.16. The molecule has 1 amide bonds.